The smallest absolute Gasteiger partial charge is 0.270 e. The second-order valence-electron chi connectivity index (χ2n) is 7.89. The van der Waals surface area contributed by atoms with Crippen LogP contribution in [0.4, 0.5) is 16.5 Å². The van der Waals surface area contributed by atoms with E-state index >= 15 is 0 Å². The average Bonchev–Trinajstić information content (AvgIpc) is 3.33. The van der Waals surface area contributed by atoms with E-state index in [1.807, 2.05) is 43.3 Å². The van der Waals surface area contributed by atoms with Crippen molar-refractivity contribution in [2.24, 2.45) is 0 Å². The molecule has 0 fully saturated rings. The van der Waals surface area contributed by atoms with E-state index in [0.717, 1.165) is 10.5 Å². The maximum Gasteiger partial charge on any atom is 0.270 e. The topological polar surface area (TPSA) is 114 Å². The monoisotopic (exact) mass is 518 g/mol. The largest absolute Gasteiger partial charge is 0.322 e. The summed E-state index contributed by atoms with van der Waals surface area (Å²) in [6, 6.07) is 20.9. The molecule has 36 heavy (non-hydrogen) atoms. The van der Waals surface area contributed by atoms with E-state index in [1.165, 1.54) is 35.2 Å². The summed E-state index contributed by atoms with van der Waals surface area (Å²) in [7, 11) is 0. The highest BCUT2D eigenvalue weighted by atomic mass is 32.2. The number of carbonyl (C=O) groups excluding carboxylic acids is 2. The van der Waals surface area contributed by atoms with E-state index in [0.29, 0.717) is 27.6 Å². The van der Waals surface area contributed by atoms with Crippen LogP contribution in [0.5, 0.6) is 0 Å². The lowest BCUT2D eigenvalue weighted by molar-refractivity contribution is -0.384. The van der Waals surface area contributed by atoms with Gasteiger partial charge in [-0.3, -0.25) is 19.7 Å². The van der Waals surface area contributed by atoms with Crippen LogP contribution in [0.1, 0.15) is 22.8 Å². The Balaban J connectivity index is 1.38. The molecule has 0 spiro atoms. The zero-order valence-corrected chi connectivity index (χ0v) is 21.1. The van der Waals surface area contributed by atoms with Crippen molar-refractivity contribution in [2.45, 2.75) is 24.0 Å². The van der Waals surface area contributed by atoms with Gasteiger partial charge in [0.15, 0.2) is 5.13 Å². The molecule has 0 aliphatic rings. The molecular formula is C26H22N4O4S2. The first-order valence-electron chi connectivity index (χ1n) is 10.9. The van der Waals surface area contributed by atoms with Crippen LogP contribution in [0.3, 0.4) is 0 Å². The number of anilines is 2. The lowest BCUT2D eigenvalue weighted by Gasteiger charge is -2.12. The minimum absolute atomic E-state index is 0.0200. The Morgan fingerprint density at radius 1 is 1.03 bits per heavy atom. The number of non-ortho nitro benzene ring substituents is 1. The van der Waals surface area contributed by atoms with E-state index in [1.54, 1.807) is 36.6 Å². The number of carbonyl (C=O) groups is 2. The number of thioether (sulfide) groups is 1. The fraction of sp³-hybridized carbons (Fsp3) is 0.115. The van der Waals surface area contributed by atoms with Gasteiger partial charge >= 0.3 is 0 Å². The van der Waals surface area contributed by atoms with Gasteiger partial charge in [0.05, 0.1) is 15.9 Å². The molecule has 0 aliphatic heterocycles. The number of hydrogen-bond donors (Lipinski definition) is 2. The van der Waals surface area contributed by atoms with E-state index in [9.17, 15) is 19.7 Å². The second kappa shape index (κ2) is 11.1. The van der Waals surface area contributed by atoms with Crippen LogP contribution in [-0.2, 0) is 4.79 Å². The molecule has 0 bridgehead atoms. The second-order valence-corrected chi connectivity index (χ2v) is 10.2. The fourth-order valence-electron chi connectivity index (χ4n) is 3.38. The molecule has 182 valence electrons. The van der Waals surface area contributed by atoms with Gasteiger partial charge in [-0.2, -0.15) is 0 Å². The van der Waals surface area contributed by atoms with Crippen LogP contribution >= 0.6 is 23.1 Å². The molecule has 1 atom stereocenters. The highest BCUT2D eigenvalue weighted by Gasteiger charge is 2.18. The number of nitrogens with one attached hydrogen (secondary N) is 2. The van der Waals surface area contributed by atoms with Gasteiger partial charge in [-0.05, 0) is 43.7 Å². The number of nitro groups is 1. The standard InChI is InChI=1S/C26H22N4O4S2/c1-16-7-3-4-12-22(16)25(32)27-19-9-6-11-21(14-19)36-17(2)24(31)29-26-28-23(15-35-26)18-8-5-10-20(13-18)30(33)34/h3-15,17H,1-2H3,(H,27,32)(H,28,29,31). The van der Waals surface area contributed by atoms with Gasteiger partial charge in [-0.25, -0.2) is 4.98 Å². The summed E-state index contributed by atoms with van der Waals surface area (Å²) in [6.45, 7) is 3.67. The average molecular weight is 519 g/mol. The molecule has 0 saturated carbocycles. The van der Waals surface area contributed by atoms with Gasteiger partial charge in [0.2, 0.25) is 5.91 Å². The minimum Gasteiger partial charge on any atom is -0.322 e. The highest BCUT2D eigenvalue weighted by molar-refractivity contribution is 8.00. The zero-order chi connectivity index (χ0) is 25.7. The van der Waals surface area contributed by atoms with Gasteiger partial charge in [-0.15, -0.1) is 23.1 Å². The maximum atomic E-state index is 12.8. The predicted octanol–water partition coefficient (Wildman–Crippen LogP) is 6.40. The molecule has 2 N–H and O–H groups in total. The summed E-state index contributed by atoms with van der Waals surface area (Å²) in [5.41, 5.74) is 3.28. The van der Waals surface area contributed by atoms with E-state index in [2.05, 4.69) is 15.6 Å². The van der Waals surface area contributed by atoms with Crippen molar-refractivity contribution in [1.82, 2.24) is 4.98 Å². The van der Waals surface area contributed by atoms with Crippen LogP contribution in [0.25, 0.3) is 11.3 Å². The van der Waals surface area contributed by atoms with Crippen molar-refractivity contribution in [1.29, 1.82) is 0 Å². The third kappa shape index (κ3) is 6.15. The summed E-state index contributed by atoms with van der Waals surface area (Å²) < 4.78 is 0. The first-order chi connectivity index (χ1) is 17.3. The Morgan fingerprint density at radius 2 is 1.81 bits per heavy atom. The molecule has 1 heterocycles. The first kappa shape index (κ1) is 25.1. The number of nitro benzene ring substituents is 1. The molecule has 3 aromatic carbocycles. The molecule has 0 radical (unpaired) electrons. The summed E-state index contributed by atoms with van der Waals surface area (Å²) in [5, 5.41) is 18.5. The number of amides is 2. The lowest BCUT2D eigenvalue weighted by Crippen LogP contribution is -2.22. The summed E-state index contributed by atoms with van der Waals surface area (Å²) >= 11 is 2.61. The van der Waals surface area contributed by atoms with Crippen LogP contribution in [0, 0.1) is 17.0 Å². The Hall–Kier alpha value is -4.02. The van der Waals surface area contributed by atoms with Crippen molar-refractivity contribution < 1.29 is 14.5 Å². The van der Waals surface area contributed by atoms with Gasteiger partial charge < -0.3 is 10.6 Å². The Kier molecular flexibility index (Phi) is 7.77. The number of thiazole rings is 1. The SMILES string of the molecule is Cc1ccccc1C(=O)Nc1cccc(SC(C)C(=O)Nc2nc(-c3cccc([N+](=O)[O-])c3)cs2)c1. The van der Waals surface area contributed by atoms with E-state index < -0.39 is 10.2 Å². The van der Waals surface area contributed by atoms with Crippen molar-refractivity contribution >= 4 is 51.4 Å². The first-order valence-corrected chi connectivity index (χ1v) is 12.7. The fourth-order valence-corrected chi connectivity index (χ4v) is 5.03. The maximum absolute atomic E-state index is 12.8. The molecule has 2 amide bonds. The van der Waals surface area contributed by atoms with Gasteiger partial charge in [0.1, 0.15) is 0 Å². The Morgan fingerprint density at radius 3 is 2.58 bits per heavy atom. The number of rotatable bonds is 8. The van der Waals surface area contributed by atoms with Crippen LogP contribution < -0.4 is 10.6 Å². The Bertz CT molecular complexity index is 1440. The number of aryl methyl sites for hydroxylation is 1. The van der Waals surface area contributed by atoms with Crippen LogP contribution in [-0.4, -0.2) is 27.0 Å². The van der Waals surface area contributed by atoms with E-state index in [-0.39, 0.29) is 17.5 Å². The highest BCUT2D eigenvalue weighted by Crippen LogP contribution is 2.30. The number of aromatic nitrogens is 1. The molecule has 4 rings (SSSR count). The molecule has 1 aromatic heterocycles. The normalized spacial score (nSPS) is 11.5. The zero-order valence-electron chi connectivity index (χ0n) is 19.4. The Labute approximate surface area is 215 Å². The summed E-state index contributed by atoms with van der Waals surface area (Å²) in [6.07, 6.45) is 0. The van der Waals surface area contributed by atoms with Crippen molar-refractivity contribution in [3.63, 3.8) is 0 Å². The van der Waals surface area contributed by atoms with Gasteiger partial charge in [0, 0.05) is 39.2 Å². The van der Waals surface area contributed by atoms with Crippen molar-refractivity contribution in [3.8, 4) is 11.3 Å². The third-order valence-corrected chi connectivity index (χ3v) is 7.10. The summed E-state index contributed by atoms with van der Waals surface area (Å²) in [5.74, 6) is -0.418. The van der Waals surface area contributed by atoms with Gasteiger partial charge in [0.25, 0.3) is 11.6 Å². The lowest BCUT2D eigenvalue weighted by atomic mass is 10.1. The molecule has 1 unspecified atom stereocenters. The minimum atomic E-state index is -0.458. The molecule has 10 heteroatoms. The summed E-state index contributed by atoms with van der Waals surface area (Å²) in [4.78, 5) is 41.2. The number of nitrogens with zero attached hydrogens (tertiary/aromatic N) is 2. The van der Waals surface area contributed by atoms with Crippen molar-refractivity contribution in [2.75, 3.05) is 10.6 Å². The van der Waals surface area contributed by atoms with Gasteiger partial charge in [-0.1, -0.05) is 36.4 Å². The van der Waals surface area contributed by atoms with Crippen LogP contribution in [0.2, 0.25) is 0 Å². The molecule has 4 aromatic rings. The molecule has 0 saturated heterocycles. The number of benzene rings is 3. The quantitative estimate of drug-likeness (QED) is 0.158. The molecule has 8 nitrogen and oxygen atoms in total. The van der Waals surface area contributed by atoms with E-state index in [4.69, 9.17) is 0 Å². The third-order valence-electron chi connectivity index (χ3n) is 5.25. The predicted molar refractivity (Wildman–Crippen MR) is 144 cm³/mol. The van der Waals surface area contributed by atoms with Crippen LogP contribution in [0.15, 0.2) is 83.1 Å². The molecular weight excluding hydrogens is 496 g/mol. The molecule has 0 aliphatic carbocycles. The number of hydrogen-bond acceptors (Lipinski definition) is 7. The van der Waals surface area contributed by atoms with Crippen molar-refractivity contribution in [3.05, 3.63) is 99.4 Å².